The van der Waals surface area contributed by atoms with E-state index < -0.39 is 0 Å². The molecule has 1 heterocycles. The van der Waals surface area contributed by atoms with Gasteiger partial charge in [0.1, 0.15) is 5.69 Å². The van der Waals surface area contributed by atoms with Crippen LogP contribution < -0.4 is 5.32 Å². The second kappa shape index (κ2) is 4.28. The number of methoxy groups -OCH3 is 1. The van der Waals surface area contributed by atoms with Crippen LogP contribution in [0.1, 0.15) is 30.8 Å². The predicted molar refractivity (Wildman–Crippen MR) is 56.3 cm³/mol. The molecule has 5 heteroatoms. The van der Waals surface area contributed by atoms with E-state index in [0.717, 1.165) is 23.9 Å². The van der Waals surface area contributed by atoms with Gasteiger partial charge in [-0.15, -0.1) is 5.10 Å². The molecule has 1 fully saturated rings. The zero-order chi connectivity index (χ0) is 10.8. The quantitative estimate of drug-likeness (QED) is 0.778. The molecule has 84 valence electrons. The minimum Gasteiger partial charge on any atom is -0.378 e. The monoisotopic (exact) mass is 210 g/mol. The molecule has 1 aliphatic carbocycles. The van der Waals surface area contributed by atoms with Crippen LogP contribution in [0.15, 0.2) is 0 Å². The molecular weight excluding hydrogens is 192 g/mol. The molecule has 2 atom stereocenters. The van der Waals surface area contributed by atoms with E-state index in [1.807, 2.05) is 11.7 Å². The third-order valence-corrected chi connectivity index (χ3v) is 2.88. The van der Waals surface area contributed by atoms with Crippen LogP contribution in [0.25, 0.3) is 0 Å². The molecule has 1 N–H and O–H groups in total. The van der Waals surface area contributed by atoms with Crippen LogP contribution in [0.5, 0.6) is 0 Å². The lowest BCUT2D eigenvalue weighted by molar-refractivity contribution is 0.175. The van der Waals surface area contributed by atoms with E-state index in [4.69, 9.17) is 4.74 Å². The lowest BCUT2D eigenvalue weighted by Gasteiger charge is -2.05. The van der Waals surface area contributed by atoms with Gasteiger partial charge in [-0.2, -0.15) is 0 Å². The molecule has 2 unspecified atom stereocenters. The lowest BCUT2D eigenvalue weighted by Crippen LogP contribution is -2.10. The number of nitrogens with zero attached hydrogens (tertiary/aromatic N) is 3. The Morgan fingerprint density at radius 2 is 2.33 bits per heavy atom. The first-order valence-corrected chi connectivity index (χ1v) is 5.34. The smallest absolute Gasteiger partial charge is 0.102 e. The average Bonchev–Trinajstić information content (AvgIpc) is 2.80. The van der Waals surface area contributed by atoms with Gasteiger partial charge < -0.3 is 10.1 Å². The van der Waals surface area contributed by atoms with Crippen molar-refractivity contribution in [3.8, 4) is 0 Å². The van der Waals surface area contributed by atoms with Gasteiger partial charge in [0, 0.05) is 13.7 Å². The van der Waals surface area contributed by atoms with Crippen LogP contribution >= 0.6 is 0 Å². The molecule has 1 aromatic heterocycles. The summed E-state index contributed by atoms with van der Waals surface area (Å²) in [5.74, 6) is 0.727. The maximum Gasteiger partial charge on any atom is 0.102 e. The van der Waals surface area contributed by atoms with Crippen molar-refractivity contribution < 1.29 is 4.74 Å². The number of hydrogen-bond acceptors (Lipinski definition) is 4. The SMILES string of the molecule is CNCc1nnn(C2CC2C)c1COC. The summed E-state index contributed by atoms with van der Waals surface area (Å²) in [4.78, 5) is 0. The largest absolute Gasteiger partial charge is 0.378 e. The molecule has 1 aromatic rings. The number of aromatic nitrogens is 3. The van der Waals surface area contributed by atoms with Crippen molar-refractivity contribution in [1.29, 1.82) is 0 Å². The maximum absolute atomic E-state index is 5.20. The highest BCUT2D eigenvalue weighted by molar-refractivity contribution is 5.12. The summed E-state index contributed by atoms with van der Waals surface area (Å²) in [5, 5.41) is 11.5. The van der Waals surface area contributed by atoms with E-state index in [9.17, 15) is 0 Å². The van der Waals surface area contributed by atoms with E-state index in [0.29, 0.717) is 12.6 Å². The molecule has 1 aliphatic rings. The molecule has 0 saturated heterocycles. The Hall–Kier alpha value is -0.940. The van der Waals surface area contributed by atoms with Crippen LogP contribution in [0.3, 0.4) is 0 Å². The van der Waals surface area contributed by atoms with Crippen molar-refractivity contribution in [1.82, 2.24) is 20.3 Å². The summed E-state index contributed by atoms with van der Waals surface area (Å²) in [5.41, 5.74) is 2.11. The zero-order valence-electron chi connectivity index (χ0n) is 9.53. The highest BCUT2D eigenvalue weighted by atomic mass is 16.5. The van der Waals surface area contributed by atoms with Crippen LogP contribution in [0, 0.1) is 5.92 Å². The number of nitrogens with one attached hydrogen (secondary N) is 1. The molecule has 2 rings (SSSR count). The van der Waals surface area contributed by atoms with Gasteiger partial charge in [0.2, 0.25) is 0 Å². The Labute approximate surface area is 89.8 Å². The van der Waals surface area contributed by atoms with Gasteiger partial charge in [0.05, 0.1) is 18.3 Å². The lowest BCUT2D eigenvalue weighted by atomic mass is 10.3. The second-order valence-corrected chi connectivity index (χ2v) is 4.17. The number of hydrogen-bond donors (Lipinski definition) is 1. The molecule has 0 amide bonds. The molecule has 5 nitrogen and oxygen atoms in total. The van der Waals surface area contributed by atoms with Crippen molar-refractivity contribution in [2.75, 3.05) is 14.2 Å². The van der Waals surface area contributed by atoms with Gasteiger partial charge in [-0.25, -0.2) is 4.68 Å². The molecule has 0 aliphatic heterocycles. The number of rotatable bonds is 5. The highest BCUT2D eigenvalue weighted by Crippen LogP contribution is 2.42. The maximum atomic E-state index is 5.20. The van der Waals surface area contributed by atoms with Crippen molar-refractivity contribution in [2.24, 2.45) is 5.92 Å². The summed E-state index contributed by atoms with van der Waals surface area (Å²) >= 11 is 0. The molecule has 0 bridgehead atoms. The van der Waals surface area contributed by atoms with Gasteiger partial charge in [-0.05, 0) is 19.4 Å². The average molecular weight is 210 g/mol. The highest BCUT2D eigenvalue weighted by Gasteiger charge is 2.37. The minimum atomic E-state index is 0.535. The first kappa shape index (κ1) is 10.6. The van der Waals surface area contributed by atoms with Crippen LogP contribution in [-0.2, 0) is 17.9 Å². The normalized spacial score (nSPS) is 24.5. The van der Waals surface area contributed by atoms with E-state index in [-0.39, 0.29) is 0 Å². The van der Waals surface area contributed by atoms with Gasteiger partial charge >= 0.3 is 0 Å². The summed E-state index contributed by atoms with van der Waals surface area (Å²) < 4.78 is 7.23. The fourth-order valence-electron chi connectivity index (χ4n) is 1.85. The van der Waals surface area contributed by atoms with Gasteiger partial charge in [0.25, 0.3) is 0 Å². The first-order chi connectivity index (χ1) is 7.27. The Kier molecular flexibility index (Phi) is 3.02. The topological polar surface area (TPSA) is 52.0 Å². The van der Waals surface area contributed by atoms with Crippen LogP contribution in [0.4, 0.5) is 0 Å². The van der Waals surface area contributed by atoms with E-state index >= 15 is 0 Å². The predicted octanol–water partition coefficient (Wildman–Crippen LogP) is 0.725. The fourth-order valence-corrected chi connectivity index (χ4v) is 1.85. The molecular formula is C10H18N4O. The standard InChI is InChI=1S/C10H18N4O/c1-7-4-9(7)14-10(6-15-3)8(5-11-2)12-13-14/h7,9,11H,4-6H2,1-3H3. The summed E-state index contributed by atoms with van der Waals surface area (Å²) in [6.45, 7) is 3.58. The second-order valence-electron chi connectivity index (χ2n) is 4.17. The van der Waals surface area contributed by atoms with E-state index in [1.165, 1.54) is 6.42 Å². The number of ether oxygens (including phenoxy) is 1. The Morgan fingerprint density at radius 1 is 1.60 bits per heavy atom. The summed E-state index contributed by atoms with van der Waals surface area (Å²) in [7, 11) is 3.62. The van der Waals surface area contributed by atoms with Gasteiger partial charge in [-0.1, -0.05) is 12.1 Å². The molecule has 1 saturated carbocycles. The minimum absolute atomic E-state index is 0.535. The summed E-state index contributed by atoms with van der Waals surface area (Å²) in [6.07, 6.45) is 1.21. The van der Waals surface area contributed by atoms with Crippen LogP contribution in [-0.4, -0.2) is 29.2 Å². The molecule has 0 spiro atoms. The Bertz CT molecular complexity index is 336. The van der Waals surface area contributed by atoms with E-state index in [1.54, 1.807) is 7.11 Å². The molecule has 15 heavy (non-hydrogen) atoms. The molecule has 0 aromatic carbocycles. The van der Waals surface area contributed by atoms with Crippen LogP contribution in [0.2, 0.25) is 0 Å². The van der Waals surface area contributed by atoms with Gasteiger partial charge in [0.15, 0.2) is 0 Å². The van der Waals surface area contributed by atoms with E-state index in [2.05, 4.69) is 22.6 Å². The van der Waals surface area contributed by atoms with Crippen molar-refractivity contribution in [3.63, 3.8) is 0 Å². The zero-order valence-corrected chi connectivity index (χ0v) is 9.53. The Balaban J connectivity index is 2.21. The van der Waals surface area contributed by atoms with Gasteiger partial charge in [-0.3, -0.25) is 0 Å². The Morgan fingerprint density at radius 3 is 2.87 bits per heavy atom. The third kappa shape index (κ3) is 2.03. The van der Waals surface area contributed by atoms with Crippen molar-refractivity contribution in [3.05, 3.63) is 11.4 Å². The van der Waals surface area contributed by atoms with Crippen molar-refractivity contribution in [2.45, 2.75) is 32.5 Å². The van der Waals surface area contributed by atoms with Crippen molar-refractivity contribution >= 4 is 0 Å². The fraction of sp³-hybridized carbons (Fsp3) is 0.800. The molecule has 0 radical (unpaired) electrons. The first-order valence-electron chi connectivity index (χ1n) is 5.34. The third-order valence-electron chi connectivity index (χ3n) is 2.88. The summed E-state index contributed by atoms with van der Waals surface area (Å²) in [6, 6.07) is 0.535.